The number of benzene rings is 1. The Labute approximate surface area is 120 Å². The predicted molar refractivity (Wildman–Crippen MR) is 79.3 cm³/mol. The molecule has 1 atom stereocenters. The van der Waals surface area contributed by atoms with Gasteiger partial charge in [-0.1, -0.05) is 0 Å². The number of hydrogen-bond donors (Lipinski definition) is 1. The van der Waals surface area contributed by atoms with Gasteiger partial charge in [0.2, 0.25) is 0 Å². The number of piperidine rings is 1. The van der Waals surface area contributed by atoms with Crippen LogP contribution in [0.1, 0.15) is 26.2 Å². The zero-order chi connectivity index (χ0) is 14.4. The standard InChI is InChI=1S/C16H25FN2O/c1-13(18)14-7-10-19(11-8-14)9-2-12-20-16-5-3-15(17)4-6-16/h3-6,13-14H,2,7-12,18H2,1H3. The Kier molecular flexibility index (Phi) is 5.80. The highest BCUT2D eigenvalue weighted by molar-refractivity contribution is 5.21. The zero-order valence-electron chi connectivity index (χ0n) is 12.2. The monoisotopic (exact) mass is 280 g/mol. The highest BCUT2D eigenvalue weighted by Crippen LogP contribution is 2.19. The average Bonchev–Trinajstić information content (AvgIpc) is 2.46. The molecule has 2 N–H and O–H groups in total. The molecule has 1 unspecified atom stereocenters. The van der Waals surface area contributed by atoms with Crippen molar-refractivity contribution in [2.75, 3.05) is 26.2 Å². The van der Waals surface area contributed by atoms with Crippen molar-refractivity contribution in [1.29, 1.82) is 0 Å². The van der Waals surface area contributed by atoms with Crippen LogP contribution in [0.3, 0.4) is 0 Å². The maximum atomic E-state index is 12.7. The third-order valence-electron chi connectivity index (χ3n) is 4.08. The van der Waals surface area contributed by atoms with Crippen LogP contribution in [-0.4, -0.2) is 37.2 Å². The summed E-state index contributed by atoms with van der Waals surface area (Å²) in [6, 6.07) is 6.51. The van der Waals surface area contributed by atoms with Gasteiger partial charge in [-0.05, 0) is 69.5 Å². The van der Waals surface area contributed by atoms with Gasteiger partial charge >= 0.3 is 0 Å². The van der Waals surface area contributed by atoms with Crippen LogP contribution in [0.2, 0.25) is 0 Å². The minimum absolute atomic E-state index is 0.227. The largest absolute Gasteiger partial charge is 0.494 e. The molecule has 1 aromatic carbocycles. The number of halogens is 1. The highest BCUT2D eigenvalue weighted by Gasteiger charge is 2.21. The van der Waals surface area contributed by atoms with Crippen LogP contribution in [-0.2, 0) is 0 Å². The fourth-order valence-corrected chi connectivity index (χ4v) is 2.71. The van der Waals surface area contributed by atoms with Crippen molar-refractivity contribution in [3.8, 4) is 5.75 Å². The molecular formula is C16H25FN2O. The van der Waals surface area contributed by atoms with E-state index in [0.29, 0.717) is 18.6 Å². The summed E-state index contributed by atoms with van der Waals surface area (Å²) in [5, 5.41) is 0. The van der Waals surface area contributed by atoms with E-state index in [-0.39, 0.29) is 5.82 Å². The minimum atomic E-state index is -0.227. The van der Waals surface area contributed by atoms with Gasteiger partial charge in [0, 0.05) is 12.6 Å². The summed E-state index contributed by atoms with van der Waals surface area (Å²) >= 11 is 0. The molecule has 0 bridgehead atoms. The lowest BCUT2D eigenvalue weighted by atomic mass is 9.91. The lowest BCUT2D eigenvalue weighted by molar-refractivity contribution is 0.161. The van der Waals surface area contributed by atoms with Crippen molar-refractivity contribution in [1.82, 2.24) is 4.90 Å². The van der Waals surface area contributed by atoms with Gasteiger partial charge in [-0.25, -0.2) is 4.39 Å². The molecule has 1 aromatic rings. The molecule has 0 aromatic heterocycles. The van der Waals surface area contributed by atoms with Crippen molar-refractivity contribution in [2.45, 2.75) is 32.2 Å². The van der Waals surface area contributed by atoms with E-state index in [9.17, 15) is 4.39 Å². The van der Waals surface area contributed by atoms with E-state index >= 15 is 0 Å². The average molecular weight is 280 g/mol. The fourth-order valence-electron chi connectivity index (χ4n) is 2.71. The predicted octanol–water partition coefficient (Wildman–Crippen LogP) is 2.65. The van der Waals surface area contributed by atoms with Crippen molar-refractivity contribution in [2.24, 2.45) is 11.7 Å². The Hall–Kier alpha value is -1.13. The van der Waals surface area contributed by atoms with Crippen LogP contribution >= 0.6 is 0 Å². The van der Waals surface area contributed by atoms with E-state index in [1.54, 1.807) is 12.1 Å². The molecule has 112 valence electrons. The summed E-state index contributed by atoms with van der Waals surface area (Å²) in [5.74, 6) is 1.19. The van der Waals surface area contributed by atoms with E-state index in [1.807, 2.05) is 0 Å². The van der Waals surface area contributed by atoms with Gasteiger partial charge in [-0.15, -0.1) is 0 Å². The van der Waals surface area contributed by atoms with Gasteiger partial charge in [0.05, 0.1) is 6.61 Å². The molecule has 0 spiro atoms. The number of hydrogen-bond acceptors (Lipinski definition) is 3. The number of nitrogens with two attached hydrogens (primary N) is 1. The number of rotatable bonds is 6. The molecule has 0 saturated carbocycles. The molecule has 1 aliphatic rings. The maximum absolute atomic E-state index is 12.7. The van der Waals surface area contributed by atoms with Gasteiger partial charge < -0.3 is 15.4 Å². The first-order chi connectivity index (χ1) is 9.65. The Morgan fingerprint density at radius 2 is 1.95 bits per heavy atom. The van der Waals surface area contributed by atoms with Crippen LogP contribution in [0.4, 0.5) is 4.39 Å². The summed E-state index contributed by atoms with van der Waals surface area (Å²) in [6.45, 7) is 6.13. The summed E-state index contributed by atoms with van der Waals surface area (Å²) in [5.41, 5.74) is 5.94. The smallest absolute Gasteiger partial charge is 0.123 e. The third kappa shape index (κ3) is 4.76. The van der Waals surface area contributed by atoms with Gasteiger partial charge in [0.25, 0.3) is 0 Å². The minimum Gasteiger partial charge on any atom is -0.494 e. The maximum Gasteiger partial charge on any atom is 0.123 e. The van der Waals surface area contributed by atoms with E-state index in [4.69, 9.17) is 10.5 Å². The number of nitrogens with zero attached hydrogens (tertiary/aromatic N) is 1. The van der Waals surface area contributed by atoms with E-state index in [1.165, 1.54) is 25.0 Å². The molecule has 1 aliphatic heterocycles. The lowest BCUT2D eigenvalue weighted by Gasteiger charge is -2.33. The molecule has 2 rings (SSSR count). The van der Waals surface area contributed by atoms with Gasteiger partial charge in [0.15, 0.2) is 0 Å². The van der Waals surface area contributed by atoms with Crippen molar-refractivity contribution >= 4 is 0 Å². The lowest BCUT2D eigenvalue weighted by Crippen LogP contribution is -2.40. The topological polar surface area (TPSA) is 38.5 Å². The molecular weight excluding hydrogens is 255 g/mol. The van der Waals surface area contributed by atoms with Gasteiger partial charge in [-0.3, -0.25) is 0 Å². The first-order valence-electron chi connectivity index (χ1n) is 7.51. The second kappa shape index (κ2) is 7.60. The van der Waals surface area contributed by atoms with Crippen LogP contribution < -0.4 is 10.5 Å². The Morgan fingerprint density at radius 1 is 1.30 bits per heavy atom. The van der Waals surface area contributed by atoms with E-state index < -0.39 is 0 Å². The second-order valence-corrected chi connectivity index (χ2v) is 5.69. The molecule has 1 heterocycles. The zero-order valence-corrected chi connectivity index (χ0v) is 12.2. The summed E-state index contributed by atoms with van der Waals surface area (Å²) in [6.07, 6.45) is 3.41. The quantitative estimate of drug-likeness (QED) is 0.814. The second-order valence-electron chi connectivity index (χ2n) is 5.69. The van der Waals surface area contributed by atoms with E-state index in [2.05, 4.69) is 11.8 Å². The summed E-state index contributed by atoms with van der Waals surface area (Å²) < 4.78 is 18.3. The van der Waals surface area contributed by atoms with Gasteiger partial charge in [0.1, 0.15) is 11.6 Å². The highest BCUT2D eigenvalue weighted by atomic mass is 19.1. The summed E-state index contributed by atoms with van der Waals surface area (Å²) in [4.78, 5) is 2.48. The van der Waals surface area contributed by atoms with Crippen LogP contribution in [0.5, 0.6) is 5.75 Å². The molecule has 3 nitrogen and oxygen atoms in total. The number of ether oxygens (including phenoxy) is 1. The van der Waals surface area contributed by atoms with Crippen LogP contribution in [0, 0.1) is 11.7 Å². The molecule has 1 fully saturated rings. The Balaban J connectivity index is 1.59. The Bertz CT molecular complexity index is 386. The molecule has 0 radical (unpaired) electrons. The first-order valence-corrected chi connectivity index (χ1v) is 7.51. The van der Waals surface area contributed by atoms with Crippen molar-refractivity contribution < 1.29 is 9.13 Å². The molecule has 20 heavy (non-hydrogen) atoms. The SMILES string of the molecule is CC(N)C1CCN(CCCOc2ccc(F)cc2)CC1. The van der Waals surface area contributed by atoms with Crippen LogP contribution in [0.15, 0.2) is 24.3 Å². The first kappa shape index (κ1) is 15.3. The number of likely N-dealkylation sites (tertiary alicyclic amines) is 1. The van der Waals surface area contributed by atoms with Crippen molar-refractivity contribution in [3.05, 3.63) is 30.1 Å². The molecule has 0 amide bonds. The summed E-state index contributed by atoms with van der Waals surface area (Å²) in [7, 11) is 0. The molecule has 4 heteroatoms. The third-order valence-corrected chi connectivity index (χ3v) is 4.08. The fraction of sp³-hybridized carbons (Fsp3) is 0.625. The van der Waals surface area contributed by atoms with Crippen LogP contribution in [0.25, 0.3) is 0 Å². The normalized spacial score (nSPS) is 18.9. The molecule has 0 aliphatic carbocycles. The van der Waals surface area contributed by atoms with Gasteiger partial charge in [-0.2, -0.15) is 0 Å². The Morgan fingerprint density at radius 3 is 2.55 bits per heavy atom. The van der Waals surface area contributed by atoms with Crippen molar-refractivity contribution in [3.63, 3.8) is 0 Å². The molecule has 1 saturated heterocycles. The van der Waals surface area contributed by atoms with E-state index in [0.717, 1.165) is 31.8 Å².